The summed E-state index contributed by atoms with van der Waals surface area (Å²) in [5.41, 5.74) is 0. The minimum Gasteiger partial charge on any atom is -0.246 e. The van der Waals surface area contributed by atoms with Gasteiger partial charge in [-0.3, -0.25) is 0 Å². The van der Waals surface area contributed by atoms with Crippen LogP contribution in [0.3, 0.4) is 0 Å². The lowest BCUT2D eigenvalue weighted by molar-refractivity contribution is 0.624. The van der Waals surface area contributed by atoms with E-state index in [4.69, 9.17) is 0 Å². The second kappa shape index (κ2) is 5.92. The molecule has 0 amide bonds. The number of nitrogens with zero attached hydrogens (tertiary/aromatic N) is 1. The van der Waals surface area contributed by atoms with Crippen molar-refractivity contribution in [1.82, 2.24) is 3.93 Å². The van der Waals surface area contributed by atoms with E-state index in [0.29, 0.717) is 0 Å². The summed E-state index contributed by atoms with van der Waals surface area (Å²) < 4.78 is 1.94. The first-order chi connectivity index (χ1) is 2.27. The zero-order valence-electron chi connectivity index (χ0n) is 3.94. The fourth-order valence-electron chi connectivity index (χ4n) is 0. The van der Waals surface area contributed by atoms with Crippen LogP contribution in [-0.4, -0.2) is 17.5 Å². The number of rotatable bonds is 1. The van der Waals surface area contributed by atoms with Crippen molar-refractivity contribution in [2.24, 2.45) is 0 Å². The van der Waals surface area contributed by atoms with Gasteiger partial charge in [0.25, 0.3) is 0 Å². The molecule has 6 heavy (non-hydrogen) atoms. The zero-order chi connectivity index (χ0) is 4.28. The van der Waals surface area contributed by atoms with E-state index in [2.05, 4.69) is 23.1 Å². The predicted octanol–water partition coefficient (Wildman–Crippen LogP) is 1.83. The van der Waals surface area contributed by atoms with Crippen molar-refractivity contribution < 1.29 is 0 Å². The van der Waals surface area contributed by atoms with Gasteiger partial charge in [0.15, 0.2) is 0 Å². The Bertz CT molecular complexity index is 22.8. The summed E-state index contributed by atoms with van der Waals surface area (Å²) in [6.45, 7) is 3.13. The molecule has 0 atom stereocenters. The van der Waals surface area contributed by atoms with Gasteiger partial charge in [0, 0.05) is 22.7 Å². The minimum atomic E-state index is 0. The van der Waals surface area contributed by atoms with E-state index in [1.54, 1.807) is 0 Å². The van der Waals surface area contributed by atoms with E-state index in [0.717, 1.165) is 6.54 Å². The number of hydrogen-bond acceptors (Lipinski definition) is 1. The molecule has 3 heteroatoms. The maximum atomic E-state index is 3.21. The van der Waals surface area contributed by atoms with Crippen LogP contribution in [0.5, 0.6) is 0 Å². The molecule has 0 heterocycles. The van der Waals surface area contributed by atoms with Crippen LogP contribution in [0.2, 0.25) is 0 Å². The van der Waals surface area contributed by atoms with Crippen LogP contribution in [0.15, 0.2) is 0 Å². The first-order valence-electron chi connectivity index (χ1n) is 1.64. The Balaban J connectivity index is 0. The van der Waals surface area contributed by atoms with Gasteiger partial charge in [-0.2, -0.15) is 0 Å². The Kier molecular flexibility index (Phi) is 9.89. The van der Waals surface area contributed by atoms with Crippen molar-refractivity contribution in [3.05, 3.63) is 0 Å². The quantitative estimate of drug-likeness (QED) is 0.608. The number of hydrogen-bond donors (Lipinski definition) is 0. The fraction of sp³-hybridized carbons (Fsp3) is 1.00. The lowest BCUT2D eigenvalue weighted by Crippen LogP contribution is -1.99. The van der Waals surface area contributed by atoms with E-state index in [1.807, 2.05) is 11.0 Å². The molecular formula is C3H9Br2N. The van der Waals surface area contributed by atoms with Gasteiger partial charge in [-0.05, 0) is 7.05 Å². The summed E-state index contributed by atoms with van der Waals surface area (Å²) in [7, 11) is 1.97. The van der Waals surface area contributed by atoms with Crippen LogP contribution in [-0.2, 0) is 0 Å². The standard InChI is InChI=1S/C3H8BrN.BrH/c1-3-5(2)4;/h3H2,1-2H3;1H. The normalized spacial score (nSPS) is 8.00. The molecule has 0 bridgehead atoms. The van der Waals surface area contributed by atoms with Crippen molar-refractivity contribution in [1.29, 1.82) is 0 Å². The number of halogens is 2. The third-order valence-electron chi connectivity index (χ3n) is 0.436. The van der Waals surface area contributed by atoms with Gasteiger partial charge in [0.2, 0.25) is 0 Å². The molecular weight excluding hydrogens is 210 g/mol. The summed E-state index contributed by atoms with van der Waals surface area (Å²) in [6, 6.07) is 0. The molecule has 0 unspecified atom stereocenters. The highest BCUT2D eigenvalue weighted by Gasteiger charge is 1.75. The molecule has 1 nitrogen and oxygen atoms in total. The van der Waals surface area contributed by atoms with Gasteiger partial charge in [-0.1, -0.05) is 6.92 Å². The lowest BCUT2D eigenvalue weighted by Gasteiger charge is -1.96. The zero-order valence-corrected chi connectivity index (χ0v) is 7.24. The Labute approximate surface area is 57.8 Å². The van der Waals surface area contributed by atoms with Crippen molar-refractivity contribution in [3.63, 3.8) is 0 Å². The second-order valence-electron chi connectivity index (χ2n) is 0.921. The highest BCUT2D eigenvalue weighted by atomic mass is 79.9. The molecule has 0 aromatic rings. The van der Waals surface area contributed by atoms with Crippen molar-refractivity contribution in [2.75, 3.05) is 13.6 Å². The molecule has 0 aliphatic heterocycles. The van der Waals surface area contributed by atoms with E-state index in [9.17, 15) is 0 Å². The van der Waals surface area contributed by atoms with Crippen LogP contribution in [0, 0.1) is 0 Å². The van der Waals surface area contributed by atoms with Crippen LogP contribution in [0.25, 0.3) is 0 Å². The maximum Gasteiger partial charge on any atom is 0.0117 e. The van der Waals surface area contributed by atoms with Gasteiger partial charge in [0.05, 0.1) is 0 Å². The monoisotopic (exact) mass is 217 g/mol. The van der Waals surface area contributed by atoms with Crippen molar-refractivity contribution in [2.45, 2.75) is 6.92 Å². The Hall–Kier alpha value is 0.920. The first-order valence-corrected chi connectivity index (χ1v) is 2.35. The van der Waals surface area contributed by atoms with Crippen LogP contribution in [0.4, 0.5) is 0 Å². The van der Waals surface area contributed by atoms with Crippen molar-refractivity contribution >= 4 is 33.1 Å². The first kappa shape index (κ1) is 10.0. The van der Waals surface area contributed by atoms with Crippen LogP contribution >= 0.6 is 33.1 Å². The predicted molar refractivity (Wildman–Crippen MR) is 37.6 cm³/mol. The van der Waals surface area contributed by atoms with E-state index >= 15 is 0 Å². The maximum absolute atomic E-state index is 3.21. The SMILES string of the molecule is Br.CCN(C)Br. The van der Waals surface area contributed by atoms with Gasteiger partial charge in [0.1, 0.15) is 0 Å². The summed E-state index contributed by atoms with van der Waals surface area (Å²) in [5, 5.41) is 0. The smallest absolute Gasteiger partial charge is 0.0117 e. The molecule has 0 aliphatic carbocycles. The minimum absolute atomic E-state index is 0. The average molecular weight is 219 g/mol. The van der Waals surface area contributed by atoms with E-state index in [1.165, 1.54) is 0 Å². The fourth-order valence-corrected chi connectivity index (χ4v) is 0. The molecule has 0 N–H and O–H groups in total. The highest BCUT2D eigenvalue weighted by molar-refractivity contribution is 9.07. The average Bonchev–Trinajstić information content (AvgIpc) is 1.38. The molecule has 0 rings (SSSR count). The molecule has 0 fully saturated rings. The summed E-state index contributed by atoms with van der Waals surface area (Å²) in [4.78, 5) is 0. The third-order valence-corrected chi connectivity index (χ3v) is 0.937. The largest absolute Gasteiger partial charge is 0.246 e. The van der Waals surface area contributed by atoms with Gasteiger partial charge < -0.3 is 0 Å². The Morgan fingerprint density at radius 1 is 1.67 bits per heavy atom. The van der Waals surface area contributed by atoms with Crippen LogP contribution < -0.4 is 0 Å². The lowest BCUT2D eigenvalue weighted by atomic mass is 10.8. The second-order valence-corrected chi connectivity index (χ2v) is 2.13. The van der Waals surface area contributed by atoms with Crippen molar-refractivity contribution in [3.8, 4) is 0 Å². The Morgan fingerprint density at radius 2 is 1.83 bits per heavy atom. The third kappa shape index (κ3) is 8.87. The molecule has 0 saturated heterocycles. The van der Waals surface area contributed by atoms with Gasteiger partial charge in [-0.15, -0.1) is 17.0 Å². The summed E-state index contributed by atoms with van der Waals surface area (Å²) in [5.74, 6) is 0. The molecule has 0 spiro atoms. The molecule has 0 aromatic carbocycles. The highest BCUT2D eigenvalue weighted by Crippen LogP contribution is 1.85. The van der Waals surface area contributed by atoms with Crippen LogP contribution in [0.1, 0.15) is 6.92 Å². The summed E-state index contributed by atoms with van der Waals surface area (Å²) in [6.07, 6.45) is 0. The van der Waals surface area contributed by atoms with Gasteiger partial charge >= 0.3 is 0 Å². The Morgan fingerprint density at radius 3 is 1.83 bits per heavy atom. The molecule has 0 radical (unpaired) electrons. The molecule has 0 saturated carbocycles. The van der Waals surface area contributed by atoms with E-state index < -0.39 is 0 Å². The van der Waals surface area contributed by atoms with E-state index in [-0.39, 0.29) is 17.0 Å². The molecule has 0 aromatic heterocycles. The van der Waals surface area contributed by atoms with Gasteiger partial charge in [-0.25, -0.2) is 3.93 Å². The summed E-state index contributed by atoms with van der Waals surface area (Å²) >= 11 is 3.21. The molecule has 40 valence electrons. The topological polar surface area (TPSA) is 3.24 Å². The molecule has 0 aliphatic rings.